The Morgan fingerprint density at radius 3 is 2.46 bits per heavy atom. The Morgan fingerprint density at radius 1 is 1.15 bits per heavy atom. The Bertz CT molecular complexity index is 951. The molecule has 1 aromatic heterocycles. The van der Waals surface area contributed by atoms with Crippen LogP contribution in [0.2, 0.25) is 0 Å². The molecular weight excluding hydrogens is 357 g/mol. The van der Waals surface area contributed by atoms with Gasteiger partial charge in [0.05, 0.1) is 5.69 Å². The maximum absolute atomic E-state index is 14.2. The molecule has 1 saturated heterocycles. The summed E-state index contributed by atoms with van der Waals surface area (Å²) in [5.74, 6) is 0.0784. The average molecular weight is 377 g/mol. The molecule has 2 aromatic rings. The van der Waals surface area contributed by atoms with Crippen LogP contribution in [0, 0.1) is 19.7 Å². The molecule has 0 radical (unpaired) electrons. The number of halogens is 1. The minimum atomic E-state index is -3.77. The summed E-state index contributed by atoms with van der Waals surface area (Å²) in [6, 6.07) is 5.97. The molecule has 1 spiro atoms. The van der Waals surface area contributed by atoms with E-state index < -0.39 is 21.5 Å². The highest BCUT2D eigenvalue weighted by molar-refractivity contribution is 7.89. The van der Waals surface area contributed by atoms with Crippen molar-refractivity contribution in [2.75, 3.05) is 23.3 Å². The Balaban J connectivity index is 1.60. The normalized spacial score (nSPS) is 20.5. The van der Waals surface area contributed by atoms with Crippen molar-refractivity contribution in [1.82, 2.24) is 14.7 Å². The van der Waals surface area contributed by atoms with Gasteiger partial charge < -0.3 is 10.2 Å². The molecule has 4 rings (SSSR count). The summed E-state index contributed by atoms with van der Waals surface area (Å²) in [5.41, 5.74) is 0.923. The summed E-state index contributed by atoms with van der Waals surface area (Å²) in [4.78, 5) is 10.9. The van der Waals surface area contributed by atoms with Gasteiger partial charge in [0.1, 0.15) is 16.4 Å². The molecule has 0 atom stereocenters. The molecule has 0 saturated carbocycles. The van der Waals surface area contributed by atoms with Crippen LogP contribution in [0.15, 0.2) is 29.2 Å². The Hall–Kier alpha value is -2.26. The first-order valence-electron chi connectivity index (χ1n) is 8.46. The van der Waals surface area contributed by atoms with Crippen molar-refractivity contribution < 1.29 is 12.8 Å². The first-order chi connectivity index (χ1) is 12.3. The average Bonchev–Trinajstić information content (AvgIpc) is 2.55. The van der Waals surface area contributed by atoms with Crippen LogP contribution in [0.4, 0.5) is 16.0 Å². The van der Waals surface area contributed by atoms with Gasteiger partial charge in [-0.2, -0.15) is 4.72 Å². The van der Waals surface area contributed by atoms with Crippen molar-refractivity contribution in [2.24, 2.45) is 0 Å². The minimum Gasteiger partial charge on any atom is -0.363 e. The number of anilines is 2. The zero-order chi connectivity index (χ0) is 18.5. The van der Waals surface area contributed by atoms with Gasteiger partial charge in [-0.15, -0.1) is 0 Å². The molecule has 1 fully saturated rings. The van der Waals surface area contributed by atoms with Crippen molar-refractivity contribution in [3.8, 4) is 0 Å². The van der Waals surface area contributed by atoms with E-state index in [4.69, 9.17) is 0 Å². The third-order valence-electron chi connectivity index (χ3n) is 4.83. The highest BCUT2D eigenvalue weighted by Gasteiger charge is 2.44. The van der Waals surface area contributed by atoms with Gasteiger partial charge in [0, 0.05) is 37.3 Å². The van der Waals surface area contributed by atoms with E-state index in [-0.39, 0.29) is 10.6 Å². The van der Waals surface area contributed by atoms with Crippen LogP contribution < -0.4 is 14.9 Å². The molecule has 3 heterocycles. The SMILES string of the molecule is Cc1cc(C)nc(N2CCC3(CC2)Nc2c(F)cccc2S(=O)(=O)N3)n1. The van der Waals surface area contributed by atoms with E-state index >= 15 is 0 Å². The van der Waals surface area contributed by atoms with Crippen molar-refractivity contribution in [3.63, 3.8) is 0 Å². The van der Waals surface area contributed by atoms with Gasteiger partial charge in [-0.25, -0.2) is 22.8 Å². The number of fused-ring (bicyclic) bond motifs is 1. The number of nitrogens with zero attached hydrogens (tertiary/aromatic N) is 3. The summed E-state index contributed by atoms with van der Waals surface area (Å²) in [5, 5.41) is 3.10. The topological polar surface area (TPSA) is 87.2 Å². The fourth-order valence-electron chi connectivity index (χ4n) is 3.59. The largest absolute Gasteiger partial charge is 0.363 e. The van der Waals surface area contributed by atoms with Gasteiger partial charge in [-0.1, -0.05) is 6.07 Å². The minimum absolute atomic E-state index is 0.0438. The van der Waals surface area contributed by atoms with Gasteiger partial charge in [0.2, 0.25) is 16.0 Å². The molecule has 2 aliphatic rings. The van der Waals surface area contributed by atoms with Crippen molar-refractivity contribution in [1.29, 1.82) is 0 Å². The van der Waals surface area contributed by atoms with Crippen molar-refractivity contribution >= 4 is 21.7 Å². The lowest BCUT2D eigenvalue weighted by atomic mass is 9.97. The fraction of sp³-hybridized carbons (Fsp3) is 0.412. The standard InChI is InChI=1S/C17H20FN5O2S/c1-11-10-12(2)20-16(19-11)23-8-6-17(7-9-23)21-15-13(18)4-3-5-14(15)26(24,25)22-17/h3-5,10,21-22H,6-9H2,1-2H3. The monoisotopic (exact) mass is 377 g/mol. The van der Waals surface area contributed by atoms with E-state index in [2.05, 4.69) is 20.0 Å². The molecule has 7 nitrogen and oxygen atoms in total. The molecular formula is C17H20FN5O2S. The molecule has 0 amide bonds. The third kappa shape index (κ3) is 2.90. The summed E-state index contributed by atoms with van der Waals surface area (Å²) in [6.07, 6.45) is 0.937. The molecule has 0 unspecified atom stereocenters. The van der Waals surface area contributed by atoms with Gasteiger partial charge in [-0.3, -0.25) is 0 Å². The van der Waals surface area contributed by atoms with Crippen LogP contribution in [0.3, 0.4) is 0 Å². The highest BCUT2D eigenvalue weighted by atomic mass is 32.2. The van der Waals surface area contributed by atoms with Crippen LogP contribution in [-0.2, 0) is 10.0 Å². The predicted molar refractivity (Wildman–Crippen MR) is 96.0 cm³/mol. The number of hydrogen-bond acceptors (Lipinski definition) is 6. The quantitative estimate of drug-likeness (QED) is 0.790. The number of hydrogen-bond donors (Lipinski definition) is 2. The van der Waals surface area contributed by atoms with E-state index in [0.717, 1.165) is 11.4 Å². The number of aryl methyl sites for hydroxylation is 2. The lowest BCUT2D eigenvalue weighted by molar-refractivity contribution is 0.332. The summed E-state index contributed by atoms with van der Waals surface area (Å²) in [6.45, 7) is 4.95. The molecule has 138 valence electrons. The number of rotatable bonds is 1. The third-order valence-corrected chi connectivity index (χ3v) is 6.41. The van der Waals surface area contributed by atoms with Crippen molar-refractivity contribution in [3.05, 3.63) is 41.5 Å². The Kier molecular flexibility index (Phi) is 3.89. The lowest BCUT2D eigenvalue weighted by Crippen LogP contribution is -2.62. The van der Waals surface area contributed by atoms with Crippen molar-refractivity contribution in [2.45, 2.75) is 37.2 Å². The predicted octanol–water partition coefficient (Wildman–Crippen LogP) is 1.93. The molecule has 1 aromatic carbocycles. The first-order valence-corrected chi connectivity index (χ1v) is 9.94. The summed E-state index contributed by atoms with van der Waals surface area (Å²) >= 11 is 0. The van der Waals surface area contributed by atoms with Crippen LogP contribution in [-0.4, -0.2) is 37.1 Å². The lowest BCUT2D eigenvalue weighted by Gasteiger charge is -2.45. The number of para-hydroxylation sites is 1. The second-order valence-corrected chi connectivity index (χ2v) is 8.51. The number of piperidine rings is 1. The molecule has 2 aliphatic heterocycles. The number of sulfonamides is 1. The highest BCUT2D eigenvalue weighted by Crippen LogP contribution is 2.36. The van der Waals surface area contributed by atoms with E-state index in [1.807, 2.05) is 24.8 Å². The zero-order valence-corrected chi connectivity index (χ0v) is 15.4. The van der Waals surface area contributed by atoms with Gasteiger partial charge in [-0.05, 0) is 32.0 Å². The second kappa shape index (κ2) is 5.88. The van der Waals surface area contributed by atoms with Crippen LogP contribution in [0.25, 0.3) is 0 Å². The molecule has 2 N–H and O–H groups in total. The van der Waals surface area contributed by atoms with Crippen LogP contribution >= 0.6 is 0 Å². The van der Waals surface area contributed by atoms with E-state index in [9.17, 15) is 12.8 Å². The van der Waals surface area contributed by atoms with Crippen LogP contribution in [0.1, 0.15) is 24.2 Å². The number of nitrogens with one attached hydrogen (secondary N) is 2. The Morgan fingerprint density at radius 2 is 1.81 bits per heavy atom. The van der Waals surface area contributed by atoms with E-state index in [1.54, 1.807) is 0 Å². The maximum atomic E-state index is 14.2. The zero-order valence-electron chi connectivity index (χ0n) is 14.6. The Labute approximate surface area is 151 Å². The van der Waals surface area contributed by atoms with Crippen LogP contribution in [0.5, 0.6) is 0 Å². The summed E-state index contributed by atoms with van der Waals surface area (Å²) < 4.78 is 42.1. The van der Waals surface area contributed by atoms with E-state index in [1.165, 1.54) is 18.2 Å². The molecule has 0 aliphatic carbocycles. The molecule has 26 heavy (non-hydrogen) atoms. The molecule has 9 heteroatoms. The summed E-state index contributed by atoms with van der Waals surface area (Å²) in [7, 11) is -3.77. The maximum Gasteiger partial charge on any atom is 0.244 e. The fourth-order valence-corrected chi connectivity index (χ4v) is 5.15. The number of benzene rings is 1. The smallest absolute Gasteiger partial charge is 0.244 e. The second-order valence-electron chi connectivity index (χ2n) is 6.86. The van der Waals surface area contributed by atoms with E-state index in [0.29, 0.717) is 31.9 Å². The van der Waals surface area contributed by atoms with Gasteiger partial charge in [0.15, 0.2) is 0 Å². The van der Waals surface area contributed by atoms with Gasteiger partial charge >= 0.3 is 0 Å². The molecule has 0 bridgehead atoms. The first kappa shape index (κ1) is 17.2. The van der Waals surface area contributed by atoms with Gasteiger partial charge in [0.25, 0.3) is 0 Å². The number of aromatic nitrogens is 2.